The van der Waals surface area contributed by atoms with Gasteiger partial charge in [0.1, 0.15) is 0 Å². The fourth-order valence-electron chi connectivity index (χ4n) is 2.76. The Morgan fingerprint density at radius 2 is 1.90 bits per heavy atom. The van der Waals surface area contributed by atoms with Crippen LogP contribution in [0, 0.1) is 6.92 Å². The smallest absolute Gasteiger partial charge is 0.242 e. The van der Waals surface area contributed by atoms with Gasteiger partial charge in [-0.3, -0.25) is 4.79 Å². The van der Waals surface area contributed by atoms with Crippen LogP contribution in [0.2, 0.25) is 0 Å². The fourth-order valence-corrected chi connectivity index (χ4v) is 4.45. The number of anilines is 1. The topological polar surface area (TPSA) is 84.3 Å². The third-order valence-electron chi connectivity index (χ3n) is 4.47. The van der Waals surface area contributed by atoms with Crippen LogP contribution < -0.4 is 5.32 Å². The maximum atomic E-state index is 12.5. The van der Waals surface area contributed by atoms with Gasteiger partial charge in [-0.15, -0.1) is 0 Å². The number of nitrogens with one attached hydrogen (secondary N) is 1. The highest BCUT2D eigenvalue weighted by Gasteiger charge is 2.19. The average Bonchev–Trinajstić information content (AvgIpc) is 3.15. The molecule has 1 N–H and O–H groups in total. The molecule has 7 nitrogen and oxygen atoms in total. The van der Waals surface area contributed by atoms with Crippen molar-refractivity contribution in [1.82, 2.24) is 13.9 Å². The standard InChI is InChI=1S/C21H24N4O3S2/c1-16-9-10-18(30(27,28)24(2)3)13-19(16)23-20(26)15-29-21-22-11-12-25(21)14-17-7-5-4-6-8-17/h4-13H,14-15H2,1-3H3,(H,23,26). The van der Waals surface area contributed by atoms with Gasteiger partial charge in [-0.2, -0.15) is 0 Å². The van der Waals surface area contributed by atoms with Crippen LogP contribution >= 0.6 is 11.8 Å². The molecule has 0 saturated carbocycles. The van der Waals surface area contributed by atoms with E-state index in [2.05, 4.69) is 10.3 Å². The van der Waals surface area contributed by atoms with Crippen LogP contribution in [0.25, 0.3) is 0 Å². The Morgan fingerprint density at radius 1 is 1.17 bits per heavy atom. The van der Waals surface area contributed by atoms with E-state index in [4.69, 9.17) is 0 Å². The largest absolute Gasteiger partial charge is 0.325 e. The molecule has 0 unspecified atom stereocenters. The molecule has 3 aromatic rings. The summed E-state index contributed by atoms with van der Waals surface area (Å²) in [5, 5.41) is 3.56. The van der Waals surface area contributed by atoms with Crippen LogP contribution in [0.3, 0.4) is 0 Å². The van der Waals surface area contributed by atoms with Crippen molar-refractivity contribution >= 4 is 33.4 Å². The zero-order valence-corrected chi connectivity index (χ0v) is 18.7. The third kappa shape index (κ3) is 5.29. The molecule has 0 aliphatic carbocycles. The first-order chi connectivity index (χ1) is 14.3. The molecule has 0 fully saturated rings. The number of rotatable bonds is 8. The predicted molar refractivity (Wildman–Crippen MR) is 119 cm³/mol. The van der Waals surface area contributed by atoms with Gasteiger partial charge in [-0.1, -0.05) is 48.2 Å². The highest BCUT2D eigenvalue weighted by Crippen LogP contribution is 2.23. The maximum absolute atomic E-state index is 12.5. The number of hydrogen-bond acceptors (Lipinski definition) is 5. The van der Waals surface area contributed by atoms with Gasteiger partial charge in [0.15, 0.2) is 5.16 Å². The second kappa shape index (κ2) is 9.46. The number of sulfonamides is 1. The molecule has 0 aliphatic heterocycles. The average molecular weight is 445 g/mol. The number of carbonyl (C=O) groups is 1. The van der Waals surface area contributed by atoms with E-state index >= 15 is 0 Å². The summed E-state index contributed by atoms with van der Waals surface area (Å²) in [5.74, 6) is -0.0626. The normalized spacial score (nSPS) is 11.6. The first-order valence-electron chi connectivity index (χ1n) is 9.28. The van der Waals surface area contributed by atoms with Gasteiger partial charge < -0.3 is 9.88 Å². The van der Waals surface area contributed by atoms with Crippen molar-refractivity contribution in [2.45, 2.75) is 23.5 Å². The van der Waals surface area contributed by atoms with E-state index in [0.717, 1.165) is 20.6 Å². The molecule has 30 heavy (non-hydrogen) atoms. The number of hydrogen-bond donors (Lipinski definition) is 1. The van der Waals surface area contributed by atoms with Crippen molar-refractivity contribution in [1.29, 1.82) is 0 Å². The third-order valence-corrected chi connectivity index (χ3v) is 7.28. The van der Waals surface area contributed by atoms with Gasteiger partial charge in [-0.05, 0) is 30.2 Å². The molecule has 9 heteroatoms. The Kier molecular flexibility index (Phi) is 6.96. The predicted octanol–water partition coefficient (Wildman–Crippen LogP) is 3.22. The molecule has 1 aromatic heterocycles. The van der Waals surface area contributed by atoms with E-state index < -0.39 is 10.0 Å². The zero-order valence-electron chi connectivity index (χ0n) is 17.1. The van der Waals surface area contributed by atoms with Crippen molar-refractivity contribution in [3.8, 4) is 0 Å². The number of thioether (sulfide) groups is 1. The van der Waals surface area contributed by atoms with Crippen LogP contribution in [-0.2, 0) is 21.4 Å². The van der Waals surface area contributed by atoms with Gasteiger partial charge in [0, 0.05) is 38.7 Å². The first kappa shape index (κ1) is 22.1. The Labute approximate surface area is 181 Å². The fraction of sp³-hybridized carbons (Fsp3) is 0.238. The molecule has 0 bridgehead atoms. The lowest BCUT2D eigenvalue weighted by Gasteiger charge is -2.14. The summed E-state index contributed by atoms with van der Waals surface area (Å²) in [6.07, 6.45) is 3.59. The Balaban J connectivity index is 1.66. The molecule has 158 valence electrons. The number of benzene rings is 2. The molecule has 0 radical (unpaired) electrons. The highest BCUT2D eigenvalue weighted by molar-refractivity contribution is 7.99. The van der Waals surface area contributed by atoms with Gasteiger partial charge in [0.2, 0.25) is 15.9 Å². The molecule has 0 saturated heterocycles. The Bertz CT molecular complexity index is 1130. The van der Waals surface area contributed by atoms with Crippen LogP contribution in [0.5, 0.6) is 0 Å². The van der Waals surface area contributed by atoms with Gasteiger partial charge >= 0.3 is 0 Å². The molecular weight excluding hydrogens is 420 g/mol. The number of aryl methyl sites for hydroxylation is 1. The summed E-state index contributed by atoms with van der Waals surface area (Å²) in [5.41, 5.74) is 2.42. The van der Waals surface area contributed by atoms with E-state index in [1.165, 1.54) is 38.0 Å². The summed E-state index contributed by atoms with van der Waals surface area (Å²) < 4.78 is 27.8. The Morgan fingerprint density at radius 3 is 2.60 bits per heavy atom. The summed E-state index contributed by atoms with van der Waals surface area (Å²) in [6, 6.07) is 14.7. The van der Waals surface area contributed by atoms with Crippen LogP contribution in [0.15, 0.2) is 71.0 Å². The number of amides is 1. The van der Waals surface area contributed by atoms with Crippen molar-refractivity contribution in [2.75, 3.05) is 25.2 Å². The van der Waals surface area contributed by atoms with E-state index in [-0.39, 0.29) is 16.6 Å². The lowest BCUT2D eigenvalue weighted by Crippen LogP contribution is -2.22. The van der Waals surface area contributed by atoms with Crippen molar-refractivity contribution < 1.29 is 13.2 Å². The van der Waals surface area contributed by atoms with Gasteiger partial charge in [0.05, 0.1) is 10.6 Å². The van der Waals surface area contributed by atoms with Crippen molar-refractivity contribution in [3.63, 3.8) is 0 Å². The molecule has 0 aliphatic rings. The summed E-state index contributed by atoms with van der Waals surface area (Å²) >= 11 is 1.33. The minimum Gasteiger partial charge on any atom is -0.325 e. The second-order valence-electron chi connectivity index (χ2n) is 6.92. The van der Waals surface area contributed by atoms with E-state index in [1.807, 2.05) is 48.0 Å². The SMILES string of the molecule is Cc1ccc(S(=O)(=O)N(C)C)cc1NC(=O)CSc1nccn1Cc1ccccc1. The maximum Gasteiger partial charge on any atom is 0.242 e. The lowest BCUT2D eigenvalue weighted by molar-refractivity contribution is -0.113. The Hall–Kier alpha value is -2.62. The second-order valence-corrected chi connectivity index (χ2v) is 10.0. The summed E-state index contributed by atoms with van der Waals surface area (Å²) in [6.45, 7) is 2.50. The summed E-state index contributed by atoms with van der Waals surface area (Å²) in [4.78, 5) is 17.0. The number of imidazole rings is 1. The quantitative estimate of drug-likeness (QED) is 0.539. The first-order valence-corrected chi connectivity index (χ1v) is 11.7. The highest BCUT2D eigenvalue weighted by atomic mass is 32.2. The zero-order chi connectivity index (χ0) is 21.7. The van der Waals surface area contributed by atoms with Crippen molar-refractivity contribution in [3.05, 3.63) is 72.1 Å². The molecule has 1 amide bonds. The number of aromatic nitrogens is 2. The number of carbonyl (C=O) groups excluding carboxylic acids is 1. The molecule has 0 spiro atoms. The van der Waals surface area contributed by atoms with E-state index in [0.29, 0.717) is 12.2 Å². The molecular formula is C21H24N4O3S2. The number of nitrogens with zero attached hydrogens (tertiary/aromatic N) is 3. The molecule has 3 rings (SSSR count). The van der Waals surface area contributed by atoms with E-state index in [1.54, 1.807) is 12.3 Å². The van der Waals surface area contributed by atoms with Crippen LogP contribution in [0.4, 0.5) is 5.69 Å². The van der Waals surface area contributed by atoms with Crippen molar-refractivity contribution in [2.24, 2.45) is 0 Å². The molecule has 1 heterocycles. The summed E-state index contributed by atoms with van der Waals surface area (Å²) in [7, 11) is -0.624. The minimum atomic E-state index is -3.57. The van der Waals surface area contributed by atoms with Gasteiger partial charge in [0.25, 0.3) is 0 Å². The lowest BCUT2D eigenvalue weighted by atomic mass is 10.2. The van der Waals surface area contributed by atoms with Crippen LogP contribution in [-0.4, -0.2) is 48.0 Å². The van der Waals surface area contributed by atoms with E-state index in [9.17, 15) is 13.2 Å². The van der Waals surface area contributed by atoms with Gasteiger partial charge in [-0.25, -0.2) is 17.7 Å². The molecule has 0 atom stereocenters. The molecule has 2 aromatic carbocycles. The monoisotopic (exact) mass is 444 g/mol. The minimum absolute atomic E-state index is 0.138. The van der Waals surface area contributed by atoms with Crippen LogP contribution in [0.1, 0.15) is 11.1 Å².